The normalized spacial score (nSPS) is 22.0. The predicted octanol–water partition coefficient (Wildman–Crippen LogP) is 3.39. The van der Waals surface area contributed by atoms with E-state index in [4.69, 9.17) is 4.74 Å². The van der Waals surface area contributed by atoms with E-state index < -0.39 is 17.7 Å². The number of aromatic nitrogens is 1. The van der Waals surface area contributed by atoms with Crippen LogP contribution in [0, 0.1) is 11.2 Å². The molecule has 2 aliphatic rings. The molecule has 0 radical (unpaired) electrons. The number of rotatable bonds is 3. The molecule has 5 nitrogen and oxygen atoms in total. The summed E-state index contributed by atoms with van der Waals surface area (Å²) in [4.78, 5) is 29.4. The molecule has 6 heteroatoms. The van der Waals surface area contributed by atoms with Crippen molar-refractivity contribution in [1.29, 1.82) is 0 Å². The van der Waals surface area contributed by atoms with E-state index in [1.165, 1.54) is 12.3 Å². The van der Waals surface area contributed by atoms with Crippen molar-refractivity contribution in [1.82, 2.24) is 10.3 Å². The number of dihydropyridines is 1. The van der Waals surface area contributed by atoms with Crippen LogP contribution in [-0.4, -0.2) is 23.3 Å². The molecule has 138 valence electrons. The summed E-state index contributed by atoms with van der Waals surface area (Å²) < 4.78 is 19.8. The molecule has 1 aromatic rings. The van der Waals surface area contributed by atoms with E-state index in [0.29, 0.717) is 24.1 Å². The van der Waals surface area contributed by atoms with Crippen LogP contribution < -0.4 is 5.32 Å². The Labute approximate surface area is 152 Å². The summed E-state index contributed by atoms with van der Waals surface area (Å²) >= 11 is 0. The van der Waals surface area contributed by atoms with Crippen molar-refractivity contribution < 1.29 is 18.7 Å². The minimum absolute atomic E-state index is 0.0701. The summed E-state index contributed by atoms with van der Waals surface area (Å²) in [5.41, 5.74) is 2.18. The zero-order chi connectivity index (χ0) is 19.1. The van der Waals surface area contributed by atoms with Crippen molar-refractivity contribution in [2.75, 3.05) is 6.61 Å². The van der Waals surface area contributed by atoms with Gasteiger partial charge >= 0.3 is 5.97 Å². The molecule has 1 atom stereocenters. The van der Waals surface area contributed by atoms with Gasteiger partial charge in [-0.1, -0.05) is 13.8 Å². The molecule has 0 saturated carbocycles. The highest BCUT2D eigenvalue weighted by molar-refractivity contribution is 6.04. The van der Waals surface area contributed by atoms with Crippen LogP contribution in [0.4, 0.5) is 4.39 Å². The maximum Gasteiger partial charge on any atom is 0.336 e. The molecular weight excluding hydrogens is 335 g/mol. The zero-order valence-electron chi connectivity index (χ0n) is 15.5. The molecule has 2 heterocycles. The van der Waals surface area contributed by atoms with Gasteiger partial charge in [-0.3, -0.25) is 9.78 Å². The molecule has 0 unspecified atom stereocenters. The van der Waals surface area contributed by atoms with Gasteiger partial charge in [-0.25, -0.2) is 9.18 Å². The smallest absolute Gasteiger partial charge is 0.336 e. The van der Waals surface area contributed by atoms with Gasteiger partial charge in [0.25, 0.3) is 0 Å². The van der Waals surface area contributed by atoms with E-state index in [2.05, 4.69) is 10.3 Å². The Bertz CT molecular complexity index is 839. The van der Waals surface area contributed by atoms with Crippen molar-refractivity contribution in [3.63, 3.8) is 0 Å². The van der Waals surface area contributed by atoms with E-state index in [1.807, 2.05) is 13.8 Å². The highest BCUT2D eigenvalue weighted by atomic mass is 19.1. The molecular formula is C20H23FN2O3. The van der Waals surface area contributed by atoms with Gasteiger partial charge in [0.1, 0.15) is 5.82 Å². The number of allylic oxidation sites excluding steroid dienone is 3. The van der Waals surface area contributed by atoms with E-state index >= 15 is 0 Å². The summed E-state index contributed by atoms with van der Waals surface area (Å²) in [5, 5.41) is 3.21. The van der Waals surface area contributed by atoms with Crippen LogP contribution in [0.25, 0.3) is 0 Å². The number of nitrogens with zero attached hydrogens (tertiary/aromatic N) is 1. The van der Waals surface area contributed by atoms with Crippen LogP contribution in [0.2, 0.25) is 0 Å². The van der Waals surface area contributed by atoms with Crippen LogP contribution >= 0.6 is 0 Å². The van der Waals surface area contributed by atoms with Crippen LogP contribution in [0.1, 0.15) is 52.0 Å². The van der Waals surface area contributed by atoms with Gasteiger partial charge in [0.2, 0.25) is 0 Å². The quantitative estimate of drug-likeness (QED) is 0.839. The first kappa shape index (κ1) is 18.3. The minimum Gasteiger partial charge on any atom is -0.463 e. The number of ether oxygens (including phenoxy) is 1. The third-order valence-corrected chi connectivity index (χ3v) is 4.85. The maximum absolute atomic E-state index is 14.6. The van der Waals surface area contributed by atoms with Gasteiger partial charge in [-0.05, 0) is 31.7 Å². The number of Topliss-reactive ketones (excluding diaryl/α,β-unsaturated/α-hetero) is 1. The number of esters is 1. The lowest BCUT2D eigenvalue weighted by atomic mass is 9.68. The number of carbonyl (C=O) groups is 2. The molecule has 26 heavy (non-hydrogen) atoms. The van der Waals surface area contributed by atoms with Crippen LogP contribution in [-0.2, 0) is 14.3 Å². The Kier molecular flexibility index (Phi) is 4.69. The number of ketones is 1. The Hall–Kier alpha value is -2.50. The molecule has 0 bridgehead atoms. The average Bonchev–Trinajstić information content (AvgIpc) is 2.53. The van der Waals surface area contributed by atoms with Gasteiger partial charge in [0.05, 0.1) is 24.3 Å². The molecule has 1 aromatic heterocycles. The number of hydrogen-bond donors (Lipinski definition) is 1. The second-order valence-electron chi connectivity index (χ2n) is 7.55. The molecule has 1 aliphatic carbocycles. The fraction of sp³-hybridized carbons (Fsp3) is 0.450. The van der Waals surface area contributed by atoms with Gasteiger partial charge in [-0.15, -0.1) is 0 Å². The summed E-state index contributed by atoms with van der Waals surface area (Å²) in [6.45, 7) is 7.73. The van der Waals surface area contributed by atoms with Crippen molar-refractivity contribution in [3.05, 3.63) is 52.4 Å². The molecule has 3 rings (SSSR count). The fourth-order valence-corrected chi connectivity index (χ4v) is 3.85. The summed E-state index contributed by atoms with van der Waals surface area (Å²) in [7, 11) is 0. The third-order valence-electron chi connectivity index (χ3n) is 4.85. The molecule has 0 saturated heterocycles. The van der Waals surface area contributed by atoms with E-state index in [9.17, 15) is 14.0 Å². The number of pyridine rings is 1. The first-order chi connectivity index (χ1) is 12.2. The highest BCUT2D eigenvalue weighted by Crippen LogP contribution is 2.47. The fourth-order valence-electron chi connectivity index (χ4n) is 3.85. The van der Waals surface area contributed by atoms with E-state index in [0.717, 1.165) is 11.9 Å². The summed E-state index contributed by atoms with van der Waals surface area (Å²) in [6.07, 6.45) is 3.58. The molecule has 0 spiro atoms. The standard InChI is InChI=1S/C20H23FN2O3/c1-5-26-19(25)16-11(2)23-14-8-20(3,4)9-15(24)18(14)17(16)12-6-7-22-10-13(12)21/h6-7,10,17,23H,5,8-9H2,1-4H3/t17-/m1/s1. The Morgan fingerprint density at radius 3 is 2.81 bits per heavy atom. The molecule has 0 amide bonds. The van der Waals surface area contributed by atoms with Gasteiger partial charge in [-0.2, -0.15) is 0 Å². The first-order valence-corrected chi connectivity index (χ1v) is 8.75. The average molecular weight is 358 g/mol. The number of nitrogens with one attached hydrogen (secondary N) is 1. The lowest BCUT2D eigenvalue weighted by Crippen LogP contribution is -2.39. The van der Waals surface area contributed by atoms with Gasteiger partial charge < -0.3 is 10.1 Å². The monoisotopic (exact) mass is 358 g/mol. The molecule has 0 aromatic carbocycles. The lowest BCUT2D eigenvalue weighted by molar-refractivity contribution is -0.138. The molecule has 0 fully saturated rings. The molecule has 1 aliphatic heterocycles. The van der Waals surface area contributed by atoms with E-state index in [-0.39, 0.29) is 28.9 Å². The van der Waals surface area contributed by atoms with Crippen LogP contribution in [0.15, 0.2) is 41.0 Å². The van der Waals surface area contributed by atoms with Crippen LogP contribution in [0.3, 0.4) is 0 Å². The van der Waals surface area contributed by atoms with E-state index in [1.54, 1.807) is 13.8 Å². The van der Waals surface area contributed by atoms with Gasteiger partial charge in [0.15, 0.2) is 5.78 Å². The third kappa shape index (κ3) is 3.16. The summed E-state index contributed by atoms with van der Waals surface area (Å²) in [5.74, 6) is -1.93. The van der Waals surface area contributed by atoms with Crippen molar-refractivity contribution in [2.24, 2.45) is 5.41 Å². The van der Waals surface area contributed by atoms with Crippen LogP contribution in [0.5, 0.6) is 0 Å². The number of halogens is 1. The topological polar surface area (TPSA) is 68.3 Å². The zero-order valence-corrected chi connectivity index (χ0v) is 15.5. The Morgan fingerprint density at radius 1 is 1.42 bits per heavy atom. The largest absolute Gasteiger partial charge is 0.463 e. The SMILES string of the molecule is CCOC(=O)C1=C(C)NC2=C(C(=O)CC(C)(C)C2)[C@@H]1c1ccncc1F. The Morgan fingerprint density at radius 2 is 2.15 bits per heavy atom. The number of hydrogen-bond acceptors (Lipinski definition) is 5. The lowest BCUT2D eigenvalue weighted by Gasteiger charge is -2.39. The Balaban J connectivity index is 2.21. The van der Waals surface area contributed by atoms with Gasteiger partial charge in [0, 0.05) is 35.1 Å². The second kappa shape index (κ2) is 6.67. The predicted molar refractivity (Wildman–Crippen MR) is 94.5 cm³/mol. The van der Waals surface area contributed by atoms with Crippen molar-refractivity contribution in [2.45, 2.75) is 46.5 Å². The molecule has 1 N–H and O–H groups in total. The van der Waals surface area contributed by atoms with Crippen molar-refractivity contribution >= 4 is 11.8 Å². The first-order valence-electron chi connectivity index (χ1n) is 8.75. The maximum atomic E-state index is 14.6. The second-order valence-corrected chi connectivity index (χ2v) is 7.55. The summed E-state index contributed by atoms with van der Waals surface area (Å²) in [6, 6.07) is 1.52. The number of carbonyl (C=O) groups excluding carboxylic acids is 2. The minimum atomic E-state index is -0.781. The van der Waals surface area contributed by atoms with Crippen molar-refractivity contribution in [3.8, 4) is 0 Å². The highest BCUT2D eigenvalue weighted by Gasteiger charge is 2.43.